The van der Waals surface area contributed by atoms with Crippen LogP contribution in [0.4, 0.5) is 0 Å². The smallest absolute Gasteiger partial charge is 0.121 e. The summed E-state index contributed by atoms with van der Waals surface area (Å²) >= 11 is 0. The van der Waals surface area contributed by atoms with Crippen molar-refractivity contribution in [3.63, 3.8) is 0 Å². The van der Waals surface area contributed by atoms with E-state index in [1.54, 1.807) is 6.20 Å². The zero-order valence-electron chi connectivity index (χ0n) is 11.7. The molecule has 3 nitrogen and oxygen atoms in total. The van der Waals surface area contributed by atoms with Crippen LogP contribution < -0.4 is 10.1 Å². The number of benzene rings is 1. The van der Waals surface area contributed by atoms with Crippen molar-refractivity contribution >= 4 is 10.9 Å². The number of fused-ring (bicyclic) bond motifs is 1. The molecule has 0 bridgehead atoms. The number of ether oxygens (including phenoxy) is 1. The third kappa shape index (κ3) is 4.21. The summed E-state index contributed by atoms with van der Waals surface area (Å²) in [7, 11) is 0. The second-order valence-electron chi connectivity index (χ2n) is 4.85. The molecule has 1 unspecified atom stereocenters. The van der Waals surface area contributed by atoms with E-state index in [9.17, 15) is 0 Å². The van der Waals surface area contributed by atoms with Crippen molar-refractivity contribution in [2.45, 2.75) is 32.7 Å². The zero-order valence-corrected chi connectivity index (χ0v) is 11.7. The van der Waals surface area contributed by atoms with Crippen molar-refractivity contribution in [2.24, 2.45) is 0 Å². The summed E-state index contributed by atoms with van der Waals surface area (Å²) in [6, 6.07) is 10.6. The number of hydrogen-bond acceptors (Lipinski definition) is 3. The maximum atomic E-state index is 5.74. The van der Waals surface area contributed by atoms with Gasteiger partial charge >= 0.3 is 0 Å². The summed E-state index contributed by atoms with van der Waals surface area (Å²) in [5, 5.41) is 4.59. The molecule has 19 heavy (non-hydrogen) atoms. The van der Waals surface area contributed by atoms with Crippen LogP contribution in [0.15, 0.2) is 36.5 Å². The minimum absolute atomic E-state index is 0.562. The lowest BCUT2D eigenvalue weighted by Gasteiger charge is -2.13. The molecule has 1 aromatic heterocycles. The first-order valence-corrected chi connectivity index (χ1v) is 7.00. The Morgan fingerprint density at radius 1 is 1.32 bits per heavy atom. The zero-order chi connectivity index (χ0) is 13.5. The first kappa shape index (κ1) is 13.8. The Kier molecular flexibility index (Phi) is 5.16. The third-order valence-corrected chi connectivity index (χ3v) is 3.16. The van der Waals surface area contributed by atoms with Crippen LogP contribution in [0.3, 0.4) is 0 Å². The van der Waals surface area contributed by atoms with Crippen LogP contribution >= 0.6 is 0 Å². The highest BCUT2D eigenvalue weighted by atomic mass is 16.5. The molecular formula is C16H22N2O. The Morgan fingerprint density at radius 2 is 2.21 bits per heavy atom. The SMILES string of the molecule is CCCC(C)NCCOc1ccc2cccnc2c1. The molecule has 102 valence electrons. The van der Waals surface area contributed by atoms with E-state index in [-0.39, 0.29) is 0 Å². The molecule has 2 aromatic rings. The molecule has 0 aliphatic carbocycles. The molecule has 3 heteroatoms. The quantitative estimate of drug-likeness (QED) is 0.773. The predicted molar refractivity (Wildman–Crippen MR) is 79.6 cm³/mol. The lowest BCUT2D eigenvalue weighted by molar-refractivity contribution is 0.305. The van der Waals surface area contributed by atoms with Crippen molar-refractivity contribution in [3.05, 3.63) is 36.5 Å². The first-order valence-electron chi connectivity index (χ1n) is 7.00. The van der Waals surface area contributed by atoms with Gasteiger partial charge in [0.1, 0.15) is 12.4 Å². The van der Waals surface area contributed by atoms with E-state index in [0.29, 0.717) is 12.6 Å². The molecule has 0 radical (unpaired) electrons. The van der Waals surface area contributed by atoms with Crippen molar-refractivity contribution < 1.29 is 4.74 Å². The third-order valence-electron chi connectivity index (χ3n) is 3.16. The average molecular weight is 258 g/mol. The fourth-order valence-electron chi connectivity index (χ4n) is 2.15. The van der Waals surface area contributed by atoms with Gasteiger partial charge in [-0.3, -0.25) is 4.98 Å². The van der Waals surface area contributed by atoms with Crippen LogP contribution in [0.25, 0.3) is 10.9 Å². The van der Waals surface area contributed by atoms with Crippen LogP contribution in [0.2, 0.25) is 0 Å². The molecule has 0 fully saturated rings. The monoisotopic (exact) mass is 258 g/mol. The Hall–Kier alpha value is -1.61. The minimum Gasteiger partial charge on any atom is -0.492 e. The summed E-state index contributed by atoms with van der Waals surface area (Å²) in [4.78, 5) is 4.33. The summed E-state index contributed by atoms with van der Waals surface area (Å²) in [5.41, 5.74) is 0.979. The Labute approximate surface area is 115 Å². The van der Waals surface area contributed by atoms with Gasteiger partial charge in [0.05, 0.1) is 5.52 Å². The highest BCUT2D eigenvalue weighted by Crippen LogP contribution is 2.18. The van der Waals surface area contributed by atoms with Gasteiger partial charge in [-0.05, 0) is 31.5 Å². The van der Waals surface area contributed by atoms with E-state index in [4.69, 9.17) is 4.74 Å². The summed E-state index contributed by atoms with van der Waals surface area (Å²) in [5.74, 6) is 0.885. The van der Waals surface area contributed by atoms with Crippen LogP contribution in [0.5, 0.6) is 5.75 Å². The number of nitrogens with one attached hydrogen (secondary N) is 1. The molecule has 1 aromatic carbocycles. The van der Waals surface area contributed by atoms with Crippen LogP contribution in [0.1, 0.15) is 26.7 Å². The molecule has 1 heterocycles. The van der Waals surface area contributed by atoms with Crippen LogP contribution in [-0.2, 0) is 0 Å². The number of pyridine rings is 1. The van der Waals surface area contributed by atoms with Crippen LogP contribution in [-0.4, -0.2) is 24.2 Å². The molecule has 0 spiro atoms. The second-order valence-corrected chi connectivity index (χ2v) is 4.85. The van der Waals surface area contributed by atoms with Crippen LogP contribution in [0, 0.1) is 0 Å². The van der Waals surface area contributed by atoms with Crippen molar-refractivity contribution in [1.29, 1.82) is 0 Å². The van der Waals surface area contributed by atoms with Gasteiger partial charge in [0.15, 0.2) is 0 Å². The fourth-order valence-corrected chi connectivity index (χ4v) is 2.15. The van der Waals surface area contributed by atoms with E-state index in [2.05, 4.69) is 30.2 Å². The Balaban J connectivity index is 1.81. The number of hydrogen-bond donors (Lipinski definition) is 1. The van der Waals surface area contributed by atoms with E-state index in [1.807, 2.05) is 24.3 Å². The Bertz CT molecular complexity index is 513. The minimum atomic E-state index is 0.562. The van der Waals surface area contributed by atoms with Gasteiger partial charge in [-0.1, -0.05) is 19.4 Å². The summed E-state index contributed by atoms with van der Waals surface area (Å²) in [6.07, 6.45) is 4.23. The van der Waals surface area contributed by atoms with E-state index < -0.39 is 0 Å². The standard InChI is InChI=1S/C16H22N2O/c1-3-5-13(2)17-10-11-19-15-8-7-14-6-4-9-18-16(14)12-15/h4,6-9,12-13,17H,3,5,10-11H2,1-2H3. The molecule has 0 amide bonds. The van der Waals surface area contributed by atoms with Gasteiger partial charge in [0.2, 0.25) is 0 Å². The predicted octanol–water partition coefficient (Wildman–Crippen LogP) is 3.39. The summed E-state index contributed by atoms with van der Waals surface area (Å²) < 4.78 is 5.74. The largest absolute Gasteiger partial charge is 0.492 e. The molecule has 0 saturated carbocycles. The van der Waals surface area contributed by atoms with E-state index >= 15 is 0 Å². The van der Waals surface area contributed by atoms with Gasteiger partial charge in [0.25, 0.3) is 0 Å². The molecule has 1 atom stereocenters. The van der Waals surface area contributed by atoms with Gasteiger partial charge < -0.3 is 10.1 Å². The number of rotatable bonds is 7. The first-order chi connectivity index (χ1) is 9.29. The highest BCUT2D eigenvalue weighted by Gasteiger charge is 2.00. The molecule has 0 aliphatic rings. The highest BCUT2D eigenvalue weighted by molar-refractivity contribution is 5.79. The van der Waals surface area contributed by atoms with Gasteiger partial charge in [-0.15, -0.1) is 0 Å². The summed E-state index contributed by atoms with van der Waals surface area (Å²) in [6.45, 7) is 5.98. The number of nitrogens with zero attached hydrogens (tertiary/aromatic N) is 1. The normalized spacial score (nSPS) is 12.5. The number of aromatic nitrogens is 1. The van der Waals surface area contributed by atoms with Crippen molar-refractivity contribution in [2.75, 3.05) is 13.2 Å². The second kappa shape index (κ2) is 7.10. The molecular weight excluding hydrogens is 236 g/mol. The van der Waals surface area contributed by atoms with Crippen molar-refractivity contribution in [3.8, 4) is 5.75 Å². The molecule has 0 aliphatic heterocycles. The van der Waals surface area contributed by atoms with Crippen molar-refractivity contribution in [1.82, 2.24) is 10.3 Å². The lowest BCUT2D eigenvalue weighted by Crippen LogP contribution is -2.29. The van der Waals surface area contributed by atoms with Gasteiger partial charge in [0, 0.05) is 30.2 Å². The maximum Gasteiger partial charge on any atom is 0.121 e. The lowest BCUT2D eigenvalue weighted by atomic mass is 10.2. The fraction of sp³-hybridized carbons (Fsp3) is 0.438. The molecule has 0 saturated heterocycles. The molecule has 2 rings (SSSR count). The maximum absolute atomic E-state index is 5.74. The average Bonchev–Trinajstić information content (AvgIpc) is 2.44. The van der Waals surface area contributed by atoms with Gasteiger partial charge in [-0.2, -0.15) is 0 Å². The van der Waals surface area contributed by atoms with Gasteiger partial charge in [-0.25, -0.2) is 0 Å². The van der Waals surface area contributed by atoms with E-state index in [1.165, 1.54) is 12.8 Å². The van der Waals surface area contributed by atoms with E-state index in [0.717, 1.165) is 23.2 Å². The topological polar surface area (TPSA) is 34.1 Å². The molecule has 1 N–H and O–H groups in total. The Morgan fingerprint density at radius 3 is 3.05 bits per heavy atom.